The monoisotopic (exact) mass is 389 g/mol. The molecule has 1 heterocycles. The van der Waals surface area contributed by atoms with Gasteiger partial charge in [0.15, 0.2) is 0 Å². The smallest absolute Gasteiger partial charge is 0.119 e. The molecule has 0 spiro atoms. The van der Waals surface area contributed by atoms with Crippen molar-refractivity contribution in [3.05, 3.63) is 54.6 Å². The zero-order chi connectivity index (χ0) is 19.7. The number of allylic oxidation sites excluding steroid dienone is 2. The number of aryl methyl sites for hydroxylation is 1. The van der Waals surface area contributed by atoms with Crippen LogP contribution in [0.5, 0.6) is 5.75 Å². The normalized spacial score (nSPS) is 26.9. The number of alkyl halides is 1. The Morgan fingerprint density at radius 2 is 2.04 bits per heavy atom. The fourth-order valence-corrected chi connectivity index (χ4v) is 5.02. The summed E-state index contributed by atoms with van der Waals surface area (Å²) in [7, 11) is 0. The molecule has 3 unspecified atom stereocenters. The van der Waals surface area contributed by atoms with Crippen LogP contribution >= 0.6 is 11.6 Å². The van der Waals surface area contributed by atoms with Gasteiger partial charge in [-0.05, 0) is 75.3 Å². The van der Waals surface area contributed by atoms with E-state index in [-0.39, 0.29) is 0 Å². The van der Waals surface area contributed by atoms with Crippen molar-refractivity contribution in [2.24, 2.45) is 5.92 Å². The molecule has 1 aromatic carbocycles. The van der Waals surface area contributed by atoms with Gasteiger partial charge in [0.05, 0.1) is 6.61 Å². The predicted molar refractivity (Wildman–Crippen MR) is 118 cm³/mol. The SMILES string of the molecule is C=CC=C.Cc1ccc(OCCCCl)cc1C12CCCCC1C(C)NCC2. The highest BCUT2D eigenvalue weighted by Crippen LogP contribution is 2.50. The van der Waals surface area contributed by atoms with Crippen LogP contribution in [0.15, 0.2) is 43.5 Å². The summed E-state index contributed by atoms with van der Waals surface area (Å²) in [5.41, 5.74) is 3.31. The van der Waals surface area contributed by atoms with Crippen molar-refractivity contribution in [2.45, 2.75) is 63.8 Å². The first-order valence-electron chi connectivity index (χ1n) is 10.4. The van der Waals surface area contributed by atoms with Gasteiger partial charge >= 0.3 is 0 Å². The van der Waals surface area contributed by atoms with E-state index in [1.807, 2.05) is 0 Å². The Kier molecular flexibility index (Phi) is 8.92. The number of ether oxygens (including phenoxy) is 1. The first kappa shape index (κ1) is 22.0. The van der Waals surface area contributed by atoms with Crippen molar-refractivity contribution in [1.29, 1.82) is 0 Å². The van der Waals surface area contributed by atoms with Crippen LogP contribution < -0.4 is 10.1 Å². The summed E-state index contributed by atoms with van der Waals surface area (Å²) in [6.07, 6.45) is 10.9. The second-order valence-electron chi connectivity index (χ2n) is 7.84. The fourth-order valence-electron chi connectivity index (χ4n) is 4.91. The maximum Gasteiger partial charge on any atom is 0.119 e. The molecule has 27 heavy (non-hydrogen) atoms. The third-order valence-corrected chi connectivity index (χ3v) is 6.46. The molecule has 1 saturated heterocycles. The highest BCUT2D eigenvalue weighted by Gasteiger charge is 2.47. The highest BCUT2D eigenvalue weighted by molar-refractivity contribution is 6.17. The molecule has 0 amide bonds. The molecule has 3 heteroatoms. The molecular formula is C24H36ClNO. The van der Waals surface area contributed by atoms with Crippen molar-refractivity contribution in [3.63, 3.8) is 0 Å². The Labute approximate surface area is 171 Å². The first-order chi connectivity index (χ1) is 13.1. The number of benzene rings is 1. The highest BCUT2D eigenvalue weighted by atomic mass is 35.5. The van der Waals surface area contributed by atoms with E-state index < -0.39 is 0 Å². The number of nitrogens with one attached hydrogen (secondary N) is 1. The van der Waals surface area contributed by atoms with Crippen LogP contribution in [-0.2, 0) is 5.41 Å². The predicted octanol–water partition coefficient (Wildman–Crippen LogP) is 6.17. The molecule has 3 rings (SSSR count). The van der Waals surface area contributed by atoms with Crippen molar-refractivity contribution < 1.29 is 4.74 Å². The quantitative estimate of drug-likeness (QED) is 0.356. The van der Waals surface area contributed by atoms with Crippen LogP contribution in [0.1, 0.15) is 56.6 Å². The van der Waals surface area contributed by atoms with Gasteiger partial charge in [-0.1, -0.05) is 44.2 Å². The maximum absolute atomic E-state index is 5.94. The minimum atomic E-state index is 0.346. The Hall–Kier alpha value is -1.25. The molecule has 2 fully saturated rings. The zero-order valence-corrected chi connectivity index (χ0v) is 17.9. The first-order valence-corrected chi connectivity index (χ1v) is 10.9. The Morgan fingerprint density at radius 1 is 1.26 bits per heavy atom. The van der Waals surface area contributed by atoms with Gasteiger partial charge in [-0.15, -0.1) is 11.6 Å². The van der Waals surface area contributed by atoms with Crippen LogP contribution in [0.3, 0.4) is 0 Å². The summed E-state index contributed by atoms with van der Waals surface area (Å²) in [5.74, 6) is 2.43. The van der Waals surface area contributed by atoms with Crippen LogP contribution in [0.25, 0.3) is 0 Å². The van der Waals surface area contributed by atoms with Crippen molar-refractivity contribution in [1.82, 2.24) is 5.32 Å². The Morgan fingerprint density at radius 3 is 2.74 bits per heavy atom. The molecule has 1 aliphatic carbocycles. The van der Waals surface area contributed by atoms with Crippen LogP contribution in [0.2, 0.25) is 0 Å². The molecule has 150 valence electrons. The van der Waals surface area contributed by atoms with E-state index >= 15 is 0 Å². The number of hydrogen-bond acceptors (Lipinski definition) is 2. The lowest BCUT2D eigenvalue weighted by molar-refractivity contribution is 0.0997. The lowest BCUT2D eigenvalue weighted by atomic mass is 9.56. The van der Waals surface area contributed by atoms with Crippen molar-refractivity contribution in [3.8, 4) is 5.75 Å². The van der Waals surface area contributed by atoms with E-state index in [1.54, 1.807) is 17.7 Å². The Bertz CT molecular complexity index is 604. The van der Waals surface area contributed by atoms with E-state index in [9.17, 15) is 0 Å². The summed E-state index contributed by atoms with van der Waals surface area (Å²) in [5, 5.41) is 3.71. The van der Waals surface area contributed by atoms with E-state index in [0.29, 0.717) is 23.9 Å². The van der Waals surface area contributed by atoms with Gasteiger partial charge in [0.25, 0.3) is 0 Å². The fraction of sp³-hybridized carbons (Fsp3) is 0.583. The molecule has 0 bridgehead atoms. The molecule has 0 aromatic heterocycles. The second kappa shape index (κ2) is 10.9. The van der Waals surface area contributed by atoms with Gasteiger partial charge in [-0.3, -0.25) is 0 Å². The van der Waals surface area contributed by atoms with Crippen LogP contribution in [0.4, 0.5) is 0 Å². The number of rotatable bonds is 6. The molecule has 2 nitrogen and oxygen atoms in total. The second-order valence-corrected chi connectivity index (χ2v) is 8.22. The Balaban J connectivity index is 0.000000596. The third-order valence-electron chi connectivity index (χ3n) is 6.20. The van der Waals surface area contributed by atoms with Gasteiger partial charge in [0.2, 0.25) is 0 Å². The van der Waals surface area contributed by atoms with Gasteiger partial charge < -0.3 is 10.1 Å². The van der Waals surface area contributed by atoms with Gasteiger partial charge in [0, 0.05) is 17.3 Å². The third kappa shape index (κ3) is 5.39. The molecule has 0 radical (unpaired) electrons. The lowest BCUT2D eigenvalue weighted by Crippen LogP contribution is -2.54. The number of fused-ring (bicyclic) bond motifs is 1. The molecule has 3 atom stereocenters. The number of piperidine rings is 1. The zero-order valence-electron chi connectivity index (χ0n) is 17.1. The molecule has 1 saturated carbocycles. The molecule has 1 N–H and O–H groups in total. The number of hydrogen-bond donors (Lipinski definition) is 1. The average Bonchev–Trinajstić information content (AvgIpc) is 2.70. The van der Waals surface area contributed by atoms with E-state index in [1.165, 1.54) is 37.7 Å². The van der Waals surface area contributed by atoms with Gasteiger partial charge in [0.1, 0.15) is 5.75 Å². The summed E-state index contributed by atoms with van der Waals surface area (Å²) < 4.78 is 5.94. The summed E-state index contributed by atoms with van der Waals surface area (Å²) >= 11 is 5.77. The standard InChI is InChI=1S/C20H30ClNO.C4H6/c1-15-7-8-17(23-13-5-11-21)14-19(15)20-9-4-3-6-18(20)16(2)22-12-10-20;1-3-4-2/h7-8,14,16,18,22H,3-6,9-13H2,1-2H3;3-4H,1-2H2. The molecule has 1 aromatic rings. The van der Waals surface area contributed by atoms with Gasteiger partial charge in [-0.2, -0.15) is 0 Å². The number of halogens is 1. The van der Waals surface area contributed by atoms with Crippen LogP contribution in [0, 0.1) is 12.8 Å². The summed E-state index contributed by atoms with van der Waals surface area (Å²) in [4.78, 5) is 0. The van der Waals surface area contributed by atoms with Crippen LogP contribution in [-0.4, -0.2) is 25.1 Å². The van der Waals surface area contributed by atoms with Crippen molar-refractivity contribution in [2.75, 3.05) is 19.0 Å². The molecule has 2 aliphatic rings. The molecule has 1 aliphatic heterocycles. The van der Waals surface area contributed by atoms with E-state index in [0.717, 1.165) is 24.6 Å². The summed E-state index contributed by atoms with van der Waals surface area (Å²) in [6.45, 7) is 13.2. The summed E-state index contributed by atoms with van der Waals surface area (Å²) in [6, 6.07) is 7.31. The van der Waals surface area contributed by atoms with Gasteiger partial charge in [-0.25, -0.2) is 0 Å². The largest absolute Gasteiger partial charge is 0.494 e. The maximum atomic E-state index is 5.94. The average molecular weight is 390 g/mol. The molecular weight excluding hydrogens is 354 g/mol. The minimum absolute atomic E-state index is 0.346. The van der Waals surface area contributed by atoms with E-state index in [2.05, 4.69) is 50.5 Å². The van der Waals surface area contributed by atoms with E-state index in [4.69, 9.17) is 16.3 Å². The minimum Gasteiger partial charge on any atom is -0.494 e. The van der Waals surface area contributed by atoms with Crippen molar-refractivity contribution >= 4 is 11.6 Å². The topological polar surface area (TPSA) is 21.3 Å². The lowest BCUT2D eigenvalue weighted by Gasteiger charge is -2.52.